The zero-order chi connectivity index (χ0) is 13.9. The predicted octanol–water partition coefficient (Wildman–Crippen LogP) is 1.86. The number of carboxylic acids is 1. The van der Waals surface area contributed by atoms with E-state index in [4.69, 9.17) is 5.11 Å². The molecule has 1 aromatic rings. The number of hydrogen-bond acceptors (Lipinski definition) is 2. The second kappa shape index (κ2) is 5.52. The number of rotatable bonds is 4. The Balaban J connectivity index is 2.96. The van der Waals surface area contributed by atoms with E-state index in [0.29, 0.717) is 11.0 Å². The largest absolute Gasteiger partial charge is 0.478 e. The maximum atomic E-state index is 13.5. The van der Waals surface area contributed by atoms with Crippen molar-refractivity contribution in [3.63, 3.8) is 0 Å². The molecule has 0 bridgehead atoms. The second-order valence-electron chi connectivity index (χ2n) is 3.58. The molecule has 0 aliphatic heterocycles. The van der Waals surface area contributed by atoms with Gasteiger partial charge in [-0.1, -0.05) is 0 Å². The summed E-state index contributed by atoms with van der Waals surface area (Å²) in [5.74, 6) is -3.32. The molecule has 7 heteroatoms. The Morgan fingerprint density at radius 2 is 2.00 bits per heavy atom. The molecular formula is C11H10F3NO3. The standard InChI is InChI=1S/C11H10F3NO3/c1-15(5-9(13)14)10(16)7-3-2-6(11(17)18)4-8(7)12/h2-4,9H,5H2,1H3,(H,17,18). The second-order valence-corrected chi connectivity index (χ2v) is 3.58. The highest BCUT2D eigenvalue weighted by Crippen LogP contribution is 2.13. The summed E-state index contributed by atoms with van der Waals surface area (Å²) in [4.78, 5) is 22.8. The number of amides is 1. The number of carboxylic acid groups (broad SMARTS) is 1. The van der Waals surface area contributed by atoms with Crippen LogP contribution in [-0.2, 0) is 0 Å². The van der Waals surface area contributed by atoms with Crippen molar-refractivity contribution in [3.05, 3.63) is 35.1 Å². The summed E-state index contributed by atoms with van der Waals surface area (Å²) in [5, 5.41) is 8.61. The Morgan fingerprint density at radius 1 is 1.39 bits per heavy atom. The quantitative estimate of drug-likeness (QED) is 0.900. The van der Waals surface area contributed by atoms with Crippen molar-refractivity contribution in [3.8, 4) is 0 Å². The first kappa shape index (κ1) is 14.0. The third-order valence-corrected chi connectivity index (χ3v) is 2.21. The summed E-state index contributed by atoms with van der Waals surface area (Å²) in [6.07, 6.45) is -2.72. The van der Waals surface area contributed by atoms with Gasteiger partial charge in [0.05, 0.1) is 17.7 Å². The molecule has 1 N–H and O–H groups in total. The summed E-state index contributed by atoms with van der Waals surface area (Å²) in [6, 6.07) is 2.67. The van der Waals surface area contributed by atoms with Crippen LogP contribution in [0.15, 0.2) is 18.2 Å². The molecule has 0 aliphatic carbocycles. The Kier molecular flexibility index (Phi) is 4.30. The lowest BCUT2D eigenvalue weighted by atomic mass is 10.1. The minimum absolute atomic E-state index is 0.319. The Morgan fingerprint density at radius 3 is 2.44 bits per heavy atom. The van der Waals surface area contributed by atoms with Gasteiger partial charge >= 0.3 is 5.97 Å². The lowest BCUT2D eigenvalue weighted by Crippen LogP contribution is -2.31. The predicted molar refractivity (Wildman–Crippen MR) is 56.3 cm³/mol. The van der Waals surface area contributed by atoms with Gasteiger partial charge in [0.2, 0.25) is 0 Å². The molecule has 4 nitrogen and oxygen atoms in total. The van der Waals surface area contributed by atoms with E-state index in [1.54, 1.807) is 0 Å². The minimum Gasteiger partial charge on any atom is -0.478 e. The number of benzene rings is 1. The maximum Gasteiger partial charge on any atom is 0.335 e. The third kappa shape index (κ3) is 3.22. The van der Waals surface area contributed by atoms with E-state index in [9.17, 15) is 22.8 Å². The van der Waals surface area contributed by atoms with Gasteiger partial charge in [0.1, 0.15) is 5.82 Å². The number of halogens is 3. The van der Waals surface area contributed by atoms with Crippen LogP contribution >= 0.6 is 0 Å². The molecule has 0 saturated carbocycles. The van der Waals surface area contributed by atoms with Gasteiger partial charge in [-0.05, 0) is 18.2 Å². The van der Waals surface area contributed by atoms with Crippen LogP contribution in [0.2, 0.25) is 0 Å². The number of aromatic carboxylic acids is 1. The third-order valence-electron chi connectivity index (χ3n) is 2.21. The molecule has 0 saturated heterocycles. The van der Waals surface area contributed by atoms with Gasteiger partial charge in [-0.2, -0.15) is 0 Å². The van der Waals surface area contributed by atoms with Crippen LogP contribution in [0.25, 0.3) is 0 Å². The van der Waals surface area contributed by atoms with Gasteiger partial charge in [-0.25, -0.2) is 18.0 Å². The monoisotopic (exact) mass is 261 g/mol. The van der Waals surface area contributed by atoms with Gasteiger partial charge in [0.15, 0.2) is 0 Å². The Bertz CT molecular complexity index is 477. The van der Waals surface area contributed by atoms with Crippen LogP contribution in [0.3, 0.4) is 0 Å². The van der Waals surface area contributed by atoms with Crippen molar-refractivity contribution in [1.29, 1.82) is 0 Å². The molecule has 18 heavy (non-hydrogen) atoms. The van der Waals surface area contributed by atoms with E-state index in [0.717, 1.165) is 19.2 Å². The lowest BCUT2D eigenvalue weighted by Gasteiger charge is -2.16. The lowest BCUT2D eigenvalue weighted by molar-refractivity contribution is 0.0615. The minimum atomic E-state index is -2.72. The number of carbonyl (C=O) groups excluding carboxylic acids is 1. The average Bonchev–Trinajstić information content (AvgIpc) is 2.26. The molecule has 0 aromatic heterocycles. The fraction of sp³-hybridized carbons (Fsp3) is 0.273. The van der Waals surface area contributed by atoms with E-state index >= 15 is 0 Å². The fourth-order valence-corrected chi connectivity index (χ4v) is 1.32. The van der Waals surface area contributed by atoms with E-state index in [2.05, 4.69) is 0 Å². The molecule has 0 heterocycles. The molecule has 0 radical (unpaired) electrons. The normalized spacial score (nSPS) is 10.5. The van der Waals surface area contributed by atoms with Crippen molar-refractivity contribution >= 4 is 11.9 Å². The van der Waals surface area contributed by atoms with Gasteiger partial charge in [-0.15, -0.1) is 0 Å². The van der Waals surface area contributed by atoms with Crippen LogP contribution < -0.4 is 0 Å². The highest BCUT2D eigenvalue weighted by molar-refractivity contribution is 5.96. The first-order chi connectivity index (χ1) is 8.32. The molecular weight excluding hydrogens is 251 g/mol. The molecule has 0 unspecified atom stereocenters. The van der Waals surface area contributed by atoms with Gasteiger partial charge in [-0.3, -0.25) is 4.79 Å². The van der Waals surface area contributed by atoms with E-state index in [-0.39, 0.29) is 5.56 Å². The van der Waals surface area contributed by atoms with E-state index in [1.807, 2.05) is 0 Å². The average molecular weight is 261 g/mol. The van der Waals surface area contributed by atoms with Gasteiger partial charge in [0, 0.05) is 7.05 Å². The van der Waals surface area contributed by atoms with Gasteiger partial charge < -0.3 is 10.0 Å². The van der Waals surface area contributed by atoms with Crippen LogP contribution in [0.4, 0.5) is 13.2 Å². The molecule has 98 valence electrons. The van der Waals surface area contributed by atoms with Crippen molar-refractivity contribution < 1.29 is 27.9 Å². The summed E-state index contributed by atoms with van der Waals surface area (Å²) < 4.78 is 37.6. The molecule has 0 aliphatic rings. The topological polar surface area (TPSA) is 57.6 Å². The maximum absolute atomic E-state index is 13.5. The number of carbonyl (C=O) groups is 2. The first-order valence-corrected chi connectivity index (χ1v) is 4.89. The zero-order valence-electron chi connectivity index (χ0n) is 9.36. The number of alkyl halides is 2. The van der Waals surface area contributed by atoms with E-state index in [1.165, 1.54) is 0 Å². The summed E-state index contributed by atoms with van der Waals surface area (Å²) in [5.41, 5.74) is -0.760. The number of hydrogen-bond donors (Lipinski definition) is 1. The molecule has 1 rings (SSSR count). The highest BCUT2D eigenvalue weighted by Gasteiger charge is 2.20. The van der Waals surface area contributed by atoms with Gasteiger partial charge in [0.25, 0.3) is 12.3 Å². The molecule has 0 atom stereocenters. The van der Waals surface area contributed by atoms with Crippen molar-refractivity contribution in [2.45, 2.75) is 6.43 Å². The highest BCUT2D eigenvalue weighted by atomic mass is 19.3. The van der Waals surface area contributed by atoms with Crippen molar-refractivity contribution in [2.75, 3.05) is 13.6 Å². The smallest absolute Gasteiger partial charge is 0.335 e. The summed E-state index contributed by atoms with van der Waals surface area (Å²) in [7, 11) is 1.11. The molecule has 1 amide bonds. The van der Waals surface area contributed by atoms with E-state index < -0.39 is 36.2 Å². The van der Waals surface area contributed by atoms with Crippen LogP contribution in [0.5, 0.6) is 0 Å². The Labute approximate surface area is 101 Å². The van der Waals surface area contributed by atoms with Crippen LogP contribution in [0.1, 0.15) is 20.7 Å². The Hall–Kier alpha value is -2.05. The van der Waals surface area contributed by atoms with Crippen LogP contribution in [-0.4, -0.2) is 41.9 Å². The summed E-state index contributed by atoms with van der Waals surface area (Å²) >= 11 is 0. The summed E-state index contributed by atoms with van der Waals surface area (Å²) in [6.45, 7) is -0.820. The zero-order valence-corrected chi connectivity index (χ0v) is 9.36. The molecule has 0 fully saturated rings. The molecule has 1 aromatic carbocycles. The SMILES string of the molecule is CN(CC(F)F)C(=O)c1ccc(C(=O)O)cc1F. The molecule has 0 spiro atoms. The van der Waals surface area contributed by atoms with Crippen LogP contribution in [0, 0.1) is 5.82 Å². The number of nitrogens with zero attached hydrogens (tertiary/aromatic N) is 1. The fourth-order valence-electron chi connectivity index (χ4n) is 1.32. The first-order valence-electron chi connectivity index (χ1n) is 4.89. The van der Waals surface area contributed by atoms with Crippen molar-refractivity contribution in [1.82, 2.24) is 4.90 Å². The van der Waals surface area contributed by atoms with Crippen molar-refractivity contribution in [2.24, 2.45) is 0 Å².